The zero-order valence-corrected chi connectivity index (χ0v) is 18.5. The van der Waals surface area contributed by atoms with Crippen molar-refractivity contribution in [1.29, 1.82) is 0 Å². The van der Waals surface area contributed by atoms with Gasteiger partial charge in [0.2, 0.25) is 0 Å². The maximum Gasteiger partial charge on any atom is 0.0701 e. The number of ether oxygens (including phenoxy) is 5. The number of nitrogens with two attached hydrogens (primary N) is 4. The summed E-state index contributed by atoms with van der Waals surface area (Å²) in [5.74, 6) is 0. The van der Waals surface area contributed by atoms with Crippen molar-refractivity contribution in [2.24, 2.45) is 22.9 Å². The molecule has 9 heteroatoms. The third-order valence-corrected chi connectivity index (χ3v) is 3.54. The average Bonchev–Trinajstić information content (AvgIpc) is 2.74. The highest BCUT2D eigenvalue weighted by Gasteiger charge is 1.92. The molecule has 178 valence electrons. The van der Waals surface area contributed by atoms with Crippen LogP contribution in [0.25, 0.3) is 0 Å². The van der Waals surface area contributed by atoms with E-state index < -0.39 is 0 Å². The Bertz CT molecular complexity index is 243. The van der Waals surface area contributed by atoms with Crippen molar-refractivity contribution in [3.63, 3.8) is 0 Å². The summed E-state index contributed by atoms with van der Waals surface area (Å²) in [5.41, 5.74) is 21.3. The van der Waals surface area contributed by atoms with Gasteiger partial charge in [0, 0.05) is 39.6 Å². The maximum atomic E-state index is 5.35. The van der Waals surface area contributed by atoms with Crippen molar-refractivity contribution >= 4 is 0 Å². The van der Waals surface area contributed by atoms with E-state index >= 15 is 0 Å². The Labute approximate surface area is 178 Å². The monoisotopic (exact) mass is 424 g/mol. The van der Waals surface area contributed by atoms with Crippen LogP contribution in [0.5, 0.6) is 0 Å². The summed E-state index contributed by atoms with van der Waals surface area (Å²) in [7, 11) is 0. The molecule has 29 heavy (non-hydrogen) atoms. The van der Waals surface area contributed by atoms with Crippen LogP contribution in [-0.4, -0.2) is 92.2 Å². The zero-order valence-electron chi connectivity index (χ0n) is 18.5. The van der Waals surface area contributed by atoms with Crippen molar-refractivity contribution in [3.8, 4) is 0 Å². The summed E-state index contributed by atoms with van der Waals surface area (Å²) in [6.45, 7) is 9.90. The van der Waals surface area contributed by atoms with Gasteiger partial charge in [0.25, 0.3) is 0 Å². The first kappa shape index (κ1) is 30.8. The van der Waals surface area contributed by atoms with Gasteiger partial charge in [-0.25, -0.2) is 0 Å². The van der Waals surface area contributed by atoms with E-state index in [0.29, 0.717) is 65.8 Å². The lowest BCUT2D eigenvalue weighted by Gasteiger charge is -2.06. The van der Waals surface area contributed by atoms with Crippen molar-refractivity contribution in [2.45, 2.75) is 38.5 Å². The van der Waals surface area contributed by atoms with Crippen LogP contribution in [0.2, 0.25) is 0 Å². The second-order valence-electron chi connectivity index (χ2n) is 6.34. The van der Waals surface area contributed by atoms with Crippen LogP contribution in [0.3, 0.4) is 0 Å². The highest BCUT2D eigenvalue weighted by molar-refractivity contribution is 4.41. The lowest BCUT2D eigenvalue weighted by atomic mass is 10.3. The van der Waals surface area contributed by atoms with E-state index in [1.165, 1.54) is 0 Å². The number of hydrogen-bond donors (Lipinski definition) is 4. The molecule has 0 aromatic rings. The van der Waals surface area contributed by atoms with Crippen LogP contribution < -0.4 is 22.9 Å². The molecule has 0 rings (SSSR count). The molecule has 0 fully saturated rings. The molecular formula is C20H48N4O5. The first-order chi connectivity index (χ1) is 14.3. The third-order valence-electron chi connectivity index (χ3n) is 3.54. The summed E-state index contributed by atoms with van der Waals surface area (Å²) in [6.07, 6.45) is 5.84. The zero-order chi connectivity index (χ0) is 21.7. The lowest BCUT2D eigenvalue weighted by molar-refractivity contribution is 0.0143. The highest BCUT2D eigenvalue weighted by atomic mass is 16.5. The molecule has 0 heterocycles. The van der Waals surface area contributed by atoms with E-state index in [-0.39, 0.29) is 0 Å². The summed E-state index contributed by atoms with van der Waals surface area (Å²) in [6, 6.07) is 0. The molecule has 0 unspecified atom stereocenters. The summed E-state index contributed by atoms with van der Waals surface area (Å²) >= 11 is 0. The van der Waals surface area contributed by atoms with E-state index in [1.807, 2.05) is 0 Å². The minimum absolute atomic E-state index is 0.616. The highest BCUT2D eigenvalue weighted by Crippen LogP contribution is 1.93. The Balaban J connectivity index is 0. The molecule has 0 aromatic carbocycles. The largest absolute Gasteiger partial charge is 0.381 e. The Kier molecular flexibility index (Phi) is 34.3. The molecule has 9 nitrogen and oxygen atoms in total. The number of hydrogen-bond acceptors (Lipinski definition) is 9. The molecule has 0 saturated carbocycles. The third kappa shape index (κ3) is 35.5. The first-order valence-corrected chi connectivity index (χ1v) is 11.0. The predicted molar refractivity (Wildman–Crippen MR) is 118 cm³/mol. The Morgan fingerprint density at radius 2 is 0.483 bits per heavy atom. The first-order valence-electron chi connectivity index (χ1n) is 11.0. The second-order valence-corrected chi connectivity index (χ2v) is 6.34. The molecule has 0 atom stereocenters. The Hall–Kier alpha value is -0.360. The normalized spacial score (nSPS) is 10.8. The molecule has 8 N–H and O–H groups in total. The van der Waals surface area contributed by atoms with Crippen LogP contribution in [-0.2, 0) is 23.7 Å². The van der Waals surface area contributed by atoms with Gasteiger partial charge in [0.1, 0.15) is 0 Å². The maximum absolute atomic E-state index is 5.35. The minimum Gasteiger partial charge on any atom is -0.381 e. The van der Waals surface area contributed by atoms with Gasteiger partial charge in [0.05, 0.1) is 26.4 Å². The van der Waals surface area contributed by atoms with E-state index in [0.717, 1.165) is 65.0 Å². The fourth-order valence-corrected chi connectivity index (χ4v) is 1.90. The standard InChI is InChI=1S/C10H24N2O3.C10H24N2O2/c11-3-1-5-13-7-9-15-10-8-14-6-2-4-12;11-5-3-9-13-7-1-2-8-14-10-4-6-12/h1-12H2;1-12H2. The van der Waals surface area contributed by atoms with Crippen LogP contribution in [0, 0.1) is 0 Å². The van der Waals surface area contributed by atoms with Gasteiger partial charge < -0.3 is 46.6 Å². The van der Waals surface area contributed by atoms with Gasteiger partial charge >= 0.3 is 0 Å². The van der Waals surface area contributed by atoms with Gasteiger partial charge in [-0.15, -0.1) is 0 Å². The Morgan fingerprint density at radius 3 is 0.759 bits per heavy atom. The second kappa shape index (κ2) is 32.3. The van der Waals surface area contributed by atoms with Gasteiger partial charge in [0.15, 0.2) is 0 Å². The summed E-state index contributed by atoms with van der Waals surface area (Å²) < 4.78 is 26.5. The summed E-state index contributed by atoms with van der Waals surface area (Å²) in [5, 5.41) is 0. The fraction of sp³-hybridized carbons (Fsp3) is 1.00. The van der Waals surface area contributed by atoms with Gasteiger partial charge in [-0.1, -0.05) is 0 Å². The lowest BCUT2D eigenvalue weighted by Crippen LogP contribution is -2.12. The van der Waals surface area contributed by atoms with Crippen LogP contribution in [0.4, 0.5) is 0 Å². The van der Waals surface area contributed by atoms with Crippen molar-refractivity contribution < 1.29 is 23.7 Å². The Morgan fingerprint density at radius 1 is 0.276 bits per heavy atom. The van der Waals surface area contributed by atoms with E-state index in [9.17, 15) is 0 Å². The minimum atomic E-state index is 0.616. The van der Waals surface area contributed by atoms with Crippen molar-refractivity contribution in [3.05, 3.63) is 0 Å². The molecule has 0 aromatic heterocycles. The van der Waals surface area contributed by atoms with E-state index in [1.54, 1.807) is 0 Å². The molecule has 0 amide bonds. The molecular weight excluding hydrogens is 376 g/mol. The van der Waals surface area contributed by atoms with Crippen LogP contribution in [0.1, 0.15) is 38.5 Å². The SMILES string of the molecule is NCCCOCCCCOCCCN.NCCCOCCOCCOCCCN. The molecule has 0 spiro atoms. The van der Waals surface area contributed by atoms with Crippen LogP contribution >= 0.6 is 0 Å². The summed E-state index contributed by atoms with van der Waals surface area (Å²) in [4.78, 5) is 0. The average molecular weight is 425 g/mol. The fourth-order valence-electron chi connectivity index (χ4n) is 1.90. The van der Waals surface area contributed by atoms with Gasteiger partial charge in [-0.2, -0.15) is 0 Å². The van der Waals surface area contributed by atoms with Gasteiger partial charge in [-0.3, -0.25) is 0 Å². The van der Waals surface area contributed by atoms with Crippen molar-refractivity contribution in [2.75, 3.05) is 92.2 Å². The van der Waals surface area contributed by atoms with E-state index in [4.69, 9.17) is 46.6 Å². The number of rotatable bonds is 23. The quantitative estimate of drug-likeness (QED) is 0.169. The smallest absolute Gasteiger partial charge is 0.0701 e. The topological polar surface area (TPSA) is 150 Å². The predicted octanol–water partition coefficient (Wildman–Crippen LogP) is 0.231. The molecule has 0 radical (unpaired) electrons. The van der Waals surface area contributed by atoms with Crippen LogP contribution in [0.15, 0.2) is 0 Å². The molecule has 0 aliphatic heterocycles. The van der Waals surface area contributed by atoms with Crippen molar-refractivity contribution in [1.82, 2.24) is 0 Å². The van der Waals surface area contributed by atoms with E-state index in [2.05, 4.69) is 0 Å². The molecule has 0 aliphatic rings. The van der Waals surface area contributed by atoms with Gasteiger partial charge in [-0.05, 0) is 64.7 Å². The molecule has 0 aliphatic carbocycles. The molecule has 0 bridgehead atoms. The number of unbranched alkanes of at least 4 members (excludes halogenated alkanes) is 1. The molecule has 0 saturated heterocycles.